The standard InChI is InChI=1S/C18H14F5NOS2/c1-2-26-15-12-5-3-4-6-14(12)27-16(15)13-8-7-11(9-24-13)25-10-17(19,20)18(21,22)23/h3-9H,2,10H2,1H3. The predicted octanol–water partition coefficient (Wildman–Crippen LogP) is 6.65. The van der Waals surface area contributed by atoms with Gasteiger partial charge in [0.05, 0.1) is 16.8 Å². The number of hydrogen-bond donors (Lipinski definition) is 0. The first-order valence-electron chi connectivity index (χ1n) is 7.91. The Balaban J connectivity index is 1.84. The largest absolute Gasteiger partial charge is 0.485 e. The Hall–Kier alpha value is -1.87. The Morgan fingerprint density at radius 2 is 1.81 bits per heavy atom. The zero-order valence-corrected chi connectivity index (χ0v) is 15.7. The lowest BCUT2D eigenvalue weighted by molar-refractivity contribution is -0.290. The Morgan fingerprint density at radius 3 is 2.44 bits per heavy atom. The van der Waals surface area contributed by atoms with Gasteiger partial charge in [0.15, 0.2) is 6.61 Å². The average molecular weight is 419 g/mol. The lowest BCUT2D eigenvalue weighted by atomic mass is 10.2. The van der Waals surface area contributed by atoms with Gasteiger partial charge in [-0.05, 0) is 24.0 Å². The summed E-state index contributed by atoms with van der Waals surface area (Å²) in [5.41, 5.74) is 0.613. The summed E-state index contributed by atoms with van der Waals surface area (Å²) in [5.74, 6) is -4.20. The van der Waals surface area contributed by atoms with Crippen LogP contribution in [0.5, 0.6) is 5.75 Å². The number of rotatable bonds is 6. The van der Waals surface area contributed by atoms with E-state index in [0.29, 0.717) is 5.69 Å². The van der Waals surface area contributed by atoms with Crippen molar-refractivity contribution in [1.29, 1.82) is 0 Å². The molecule has 0 amide bonds. The first-order chi connectivity index (χ1) is 12.7. The van der Waals surface area contributed by atoms with Gasteiger partial charge in [0, 0.05) is 15.0 Å². The Labute approximate surface area is 160 Å². The molecule has 1 aromatic carbocycles. The van der Waals surface area contributed by atoms with Crippen molar-refractivity contribution in [3.8, 4) is 16.3 Å². The molecule has 9 heteroatoms. The molecule has 0 fully saturated rings. The van der Waals surface area contributed by atoms with E-state index >= 15 is 0 Å². The monoisotopic (exact) mass is 419 g/mol. The fourth-order valence-electron chi connectivity index (χ4n) is 2.33. The quantitative estimate of drug-likeness (QED) is 0.330. The summed E-state index contributed by atoms with van der Waals surface area (Å²) in [4.78, 5) is 6.19. The molecule has 3 rings (SSSR count). The highest BCUT2D eigenvalue weighted by Gasteiger charge is 2.58. The summed E-state index contributed by atoms with van der Waals surface area (Å²) in [6.45, 7) is 0.253. The van der Waals surface area contributed by atoms with E-state index in [9.17, 15) is 22.0 Å². The zero-order valence-electron chi connectivity index (χ0n) is 14.0. The van der Waals surface area contributed by atoms with Crippen LogP contribution in [0.25, 0.3) is 20.7 Å². The molecular weight excluding hydrogens is 405 g/mol. The van der Waals surface area contributed by atoms with Crippen LogP contribution in [0.4, 0.5) is 22.0 Å². The molecule has 27 heavy (non-hydrogen) atoms. The normalized spacial score (nSPS) is 12.5. The number of alkyl halides is 5. The Bertz CT molecular complexity index is 922. The topological polar surface area (TPSA) is 22.1 Å². The number of aromatic nitrogens is 1. The maximum absolute atomic E-state index is 12.9. The minimum Gasteiger partial charge on any atom is -0.485 e. The minimum absolute atomic E-state index is 0.145. The Morgan fingerprint density at radius 1 is 1.07 bits per heavy atom. The van der Waals surface area contributed by atoms with Crippen LogP contribution in [0.15, 0.2) is 47.5 Å². The van der Waals surface area contributed by atoms with E-state index in [2.05, 4.69) is 9.72 Å². The van der Waals surface area contributed by atoms with Crippen LogP contribution in [0.2, 0.25) is 0 Å². The lowest BCUT2D eigenvalue weighted by Crippen LogP contribution is -2.41. The van der Waals surface area contributed by atoms with Crippen LogP contribution in [0, 0.1) is 0 Å². The molecule has 3 aromatic rings. The van der Waals surface area contributed by atoms with Crippen molar-refractivity contribution in [2.24, 2.45) is 0 Å². The van der Waals surface area contributed by atoms with E-state index in [1.165, 1.54) is 6.07 Å². The van der Waals surface area contributed by atoms with Gasteiger partial charge >= 0.3 is 12.1 Å². The van der Waals surface area contributed by atoms with Crippen molar-refractivity contribution in [3.05, 3.63) is 42.6 Å². The molecule has 0 aliphatic carbocycles. The maximum Gasteiger partial charge on any atom is 0.456 e. The van der Waals surface area contributed by atoms with E-state index in [0.717, 1.165) is 31.8 Å². The summed E-state index contributed by atoms with van der Waals surface area (Å²) >= 11 is 3.22. The number of nitrogens with zero attached hydrogens (tertiary/aromatic N) is 1. The number of pyridine rings is 1. The number of thiophene rings is 1. The highest BCUT2D eigenvalue weighted by atomic mass is 32.2. The molecule has 0 N–H and O–H groups in total. The summed E-state index contributed by atoms with van der Waals surface area (Å²) in [7, 11) is 0. The van der Waals surface area contributed by atoms with Gasteiger partial charge in [0.2, 0.25) is 0 Å². The van der Waals surface area contributed by atoms with Crippen molar-refractivity contribution in [2.75, 3.05) is 12.4 Å². The van der Waals surface area contributed by atoms with Gasteiger partial charge in [-0.1, -0.05) is 25.1 Å². The van der Waals surface area contributed by atoms with Crippen LogP contribution < -0.4 is 4.74 Å². The van der Waals surface area contributed by atoms with Crippen LogP contribution in [-0.4, -0.2) is 29.4 Å². The van der Waals surface area contributed by atoms with Crippen molar-refractivity contribution in [1.82, 2.24) is 4.98 Å². The molecule has 0 saturated carbocycles. The summed E-state index contributed by atoms with van der Waals surface area (Å²) in [6, 6.07) is 10.8. The second-order valence-corrected chi connectivity index (χ2v) is 7.89. The third-order valence-electron chi connectivity index (χ3n) is 3.64. The summed E-state index contributed by atoms with van der Waals surface area (Å²) in [6.07, 6.45) is -4.49. The molecule has 2 nitrogen and oxygen atoms in total. The number of halogens is 5. The predicted molar refractivity (Wildman–Crippen MR) is 98.0 cm³/mol. The first kappa shape index (κ1) is 19.9. The molecule has 0 atom stereocenters. The molecule has 0 unspecified atom stereocenters. The molecule has 0 aliphatic heterocycles. The van der Waals surface area contributed by atoms with E-state index in [1.54, 1.807) is 29.2 Å². The van der Waals surface area contributed by atoms with E-state index in [1.807, 2.05) is 31.2 Å². The molecule has 2 aromatic heterocycles. The molecule has 2 heterocycles. The minimum atomic E-state index is -5.65. The number of ether oxygens (including phenoxy) is 1. The molecular formula is C18H14F5NOS2. The van der Waals surface area contributed by atoms with Gasteiger partial charge in [0.25, 0.3) is 0 Å². The number of thioether (sulfide) groups is 1. The zero-order chi connectivity index (χ0) is 19.7. The maximum atomic E-state index is 12.9. The van der Waals surface area contributed by atoms with Gasteiger partial charge in [0.1, 0.15) is 5.75 Å². The number of benzene rings is 1. The fourth-order valence-corrected chi connectivity index (χ4v) is 4.63. The van der Waals surface area contributed by atoms with Crippen molar-refractivity contribution in [2.45, 2.75) is 23.9 Å². The Kier molecular flexibility index (Phi) is 5.62. The van der Waals surface area contributed by atoms with Gasteiger partial charge in [-0.3, -0.25) is 4.98 Å². The highest BCUT2D eigenvalue weighted by Crippen LogP contribution is 2.43. The molecule has 0 saturated heterocycles. The van der Waals surface area contributed by atoms with E-state index < -0.39 is 18.7 Å². The van der Waals surface area contributed by atoms with E-state index in [-0.39, 0.29) is 5.75 Å². The third kappa shape index (κ3) is 4.19. The molecule has 0 radical (unpaired) electrons. The second kappa shape index (κ2) is 7.63. The van der Waals surface area contributed by atoms with Crippen LogP contribution >= 0.6 is 23.1 Å². The average Bonchev–Trinajstić information content (AvgIpc) is 2.99. The van der Waals surface area contributed by atoms with E-state index in [4.69, 9.17) is 0 Å². The van der Waals surface area contributed by atoms with Crippen LogP contribution in [-0.2, 0) is 0 Å². The summed E-state index contributed by atoms with van der Waals surface area (Å²) < 4.78 is 68.2. The van der Waals surface area contributed by atoms with Gasteiger partial charge < -0.3 is 4.74 Å². The van der Waals surface area contributed by atoms with Crippen molar-refractivity contribution >= 4 is 33.2 Å². The lowest BCUT2D eigenvalue weighted by Gasteiger charge is -2.19. The third-order valence-corrected chi connectivity index (χ3v) is 5.97. The number of hydrogen-bond acceptors (Lipinski definition) is 4. The molecule has 0 spiro atoms. The molecule has 0 aliphatic rings. The fraction of sp³-hybridized carbons (Fsp3) is 0.278. The SMILES string of the molecule is CCSc1c(-c2ccc(OCC(F)(F)C(F)(F)F)cn2)sc2ccccc12. The molecule has 144 valence electrons. The van der Waals surface area contributed by atoms with Gasteiger partial charge in [-0.25, -0.2) is 0 Å². The number of fused-ring (bicyclic) bond motifs is 1. The second-order valence-electron chi connectivity index (χ2n) is 5.56. The smallest absolute Gasteiger partial charge is 0.456 e. The highest BCUT2D eigenvalue weighted by molar-refractivity contribution is 7.99. The van der Waals surface area contributed by atoms with Crippen LogP contribution in [0.3, 0.4) is 0 Å². The first-order valence-corrected chi connectivity index (χ1v) is 9.71. The van der Waals surface area contributed by atoms with Crippen molar-refractivity contribution in [3.63, 3.8) is 0 Å². The van der Waals surface area contributed by atoms with Gasteiger partial charge in [-0.15, -0.1) is 23.1 Å². The van der Waals surface area contributed by atoms with Gasteiger partial charge in [-0.2, -0.15) is 22.0 Å². The molecule has 0 bridgehead atoms. The van der Waals surface area contributed by atoms with Crippen molar-refractivity contribution < 1.29 is 26.7 Å². The summed E-state index contributed by atoms with van der Waals surface area (Å²) in [5, 5.41) is 1.11. The van der Waals surface area contributed by atoms with Crippen LogP contribution in [0.1, 0.15) is 6.92 Å².